The van der Waals surface area contributed by atoms with Crippen LogP contribution in [0.3, 0.4) is 0 Å². The van der Waals surface area contributed by atoms with Crippen molar-refractivity contribution in [3.63, 3.8) is 0 Å². The molecule has 0 bridgehead atoms. The highest BCUT2D eigenvalue weighted by molar-refractivity contribution is 6.11. The Morgan fingerprint density at radius 1 is 1.31 bits per heavy atom. The summed E-state index contributed by atoms with van der Waals surface area (Å²) in [5, 5.41) is 22.8. The summed E-state index contributed by atoms with van der Waals surface area (Å²) in [6.07, 6.45) is 18.5. The molecule has 144 valence electrons. The second kappa shape index (κ2) is 13.1. The Kier molecular flexibility index (Phi) is 11.0. The van der Waals surface area contributed by atoms with Crippen LogP contribution in [0.4, 0.5) is 0 Å². The second-order valence-corrected chi connectivity index (χ2v) is 6.28. The molecule has 5 nitrogen and oxygen atoms in total. The number of nitrogens with zero attached hydrogens (tertiary/aromatic N) is 1. The van der Waals surface area contributed by atoms with Gasteiger partial charge in [-0.15, -0.1) is 0 Å². The topological polar surface area (TPSA) is 79.1 Å². The molecule has 0 saturated heterocycles. The van der Waals surface area contributed by atoms with Gasteiger partial charge in [0.1, 0.15) is 12.8 Å². The van der Waals surface area contributed by atoms with Crippen molar-refractivity contribution in [2.45, 2.75) is 58.0 Å². The van der Waals surface area contributed by atoms with Gasteiger partial charge in [-0.2, -0.15) is 0 Å². The van der Waals surface area contributed by atoms with Crippen LogP contribution in [0.5, 0.6) is 0 Å². The Morgan fingerprint density at radius 3 is 2.81 bits per heavy atom. The lowest BCUT2D eigenvalue weighted by Crippen LogP contribution is -2.07. The van der Waals surface area contributed by atoms with Crippen LogP contribution in [0, 0.1) is 5.92 Å². The van der Waals surface area contributed by atoms with Crippen LogP contribution in [0.1, 0.15) is 51.9 Å². The Labute approximate surface area is 156 Å². The zero-order chi connectivity index (χ0) is 19.2. The first-order chi connectivity index (χ1) is 12.6. The van der Waals surface area contributed by atoms with Crippen LogP contribution in [0.2, 0.25) is 0 Å². The fourth-order valence-corrected chi connectivity index (χ4v) is 2.75. The molecule has 0 aromatic rings. The van der Waals surface area contributed by atoms with E-state index in [1.165, 1.54) is 7.11 Å². The van der Waals surface area contributed by atoms with Gasteiger partial charge in [0.25, 0.3) is 0 Å². The zero-order valence-corrected chi connectivity index (χ0v) is 15.8. The quantitative estimate of drug-likeness (QED) is 0.306. The summed E-state index contributed by atoms with van der Waals surface area (Å²) in [6.45, 7) is 2.07. The van der Waals surface area contributed by atoms with Gasteiger partial charge in [-0.05, 0) is 50.2 Å². The number of oxime groups is 1. The number of rotatable bonds is 12. The van der Waals surface area contributed by atoms with Gasteiger partial charge in [-0.3, -0.25) is 4.79 Å². The van der Waals surface area contributed by atoms with Crippen molar-refractivity contribution < 1.29 is 19.8 Å². The van der Waals surface area contributed by atoms with Crippen LogP contribution in [0.15, 0.2) is 53.3 Å². The molecular weight excluding hydrogens is 330 g/mol. The Hall–Kier alpha value is -2.14. The van der Waals surface area contributed by atoms with Crippen LogP contribution in [0.25, 0.3) is 0 Å². The van der Waals surface area contributed by atoms with Crippen molar-refractivity contribution in [1.29, 1.82) is 0 Å². The maximum atomic E-state index is 10.5. The lowest BCUT2D eigenvalue weighted by atomic mass is 9.95. The molecule has 0 spiro atoms. The van der Waals surface area contributed by atoms with Crippen molar-refractivity contribution >= 4 is 11.7 Å². The highest BCUT2D eigenvalue weighted by atomic mass is 16.6. The van der Waals surface area contributed by atoms with Gasteiger partial charge >= 0.3 is 5.97 Å². The van der Waals surface area contributed by atoms with Gasteiger partial charge in [-0.25, -0.2) is 0 Å². The van der Waals surface area contributed by atoms with Crippen molar-refractivity contribution in [3.05, 3.63) is 48.1 Å². The smallest absolute Gasteiger partial charge is 0.303 e. The normalized spacial score (nSPS) is 21.4. The number of hydrogen-bond acceptors (Lipinski definition) is 4. The third-order valence-corrected chi connectivity index (χ3v) is 4.11. The molecule has 2 N–H and O–H groups in total. The first-order valence-electron chi connectivity index (χ1n) is 9.28. The van der Waals surface area contributed by atoms with E-state index in [4.69, 9.17) is 9.94 Å². The highest BCUT2D eigenvalue weighted by Gasteiger charge is 2.21. The number of hydrogen-bond donors (Lipinski definition) is 2. The Bertz CT molecular complexity index is 573. The molecule has 0 aliphatic heterocycles. The summed E-state index contributed by atoms with van der Waals surface area (Å²) in [7, 11) is 1.53. The SMILES string of the molecule is CC/C=C\C[C@H](O)CC=C1/C(=N\OC)C=C[C@@H]1C/C=C\CCCC(=O)O. The van der Waals surface area contributed by atoms with E-state index >= 15 is 0 Å². The van der Waals surface area contributed by atoms with Crippen molar-refractivity contribution in [2.75, 3.05) is 7.11 Å². The summed E-state index contributed by atoms with van der Waals surface area (Å²) in [5.41, 5.74) is 1.87. The number of aliphatic hydroxyl groups excluding tert-OH is 1. The highest BCUT2D eigenvalue weighted by Crippen LogP contribution is 2.27. The maximum absolute atomic E-state index is 10.5. The number of carboxylic acids is 1. The fourth-order valence-electron chi connectivity index (χ4n) is 2.75. The lowest BCUT2D eigenvalue weighted by molar-refractivity contribution is -0.137. The molecule has 2 atom stereocenters. The van der Waals surface area contributed by atoms with E-state index in [-0.39, 0.29) is 12.3 Å². The summed E-state index contributed by atoms with van der Waals surface area (Å²) >= 11 is 0. The van der Waals surface area contributed by atoms with Gasteiger partial charge in [-0.1, -0.05) is 48.5 Å². The van der Waals surface area contributed by atoms with E-state index in [2.05, 4.69) is 30.3 Å². The van der Waals surface area contributed by atoms with E-state index in [1.54, 1.807) is 0 Å². The van der Waals surface area contributed by atoms with Gasteiger partial charge < -0.3 is 15.1 Å². The molecular formula is C21H31NO4. The minimum Gasteiger partial charge on any atom is -0.481 e. The number of allylic oxidation sites excluding steroid dienone is 6. The van der Waals surface area contributed by atoms with E-state index in [0.717, 1.165) is 30.5 Å². The number of unbranched alkanes of at least 4 members (excludes halogenated alkanes) is 1. The standard InChI is InChI=1S/C21H31NO4/c1-3-4-7-11-18(23)14-15-19-17(13-16-20(19)22-26-2)10-8-5-6-9-12-21(24)25/h4-5,7-8,13,15-18,23H,3,6,9-12,14H2,1-2H3,(H,24,25)/b7-4-,8-5-,19-15?,22-20-/t17-,18-/m0/s1. The first kappa shape index (κ1) is 21.9. The van der Waals surface area contributed by atoms with Crippen molar-refractivity contribution in [1.82, 2.24) is 0 Å². The number of carboxylic acid groups (broad SMARTS) is 1. The minimum absolute atomic E-state index is 0.202. The fraction of sp³-hybridized carbons (Fsp3) is 0.524. The Morgan fingerprint density at radius 2 is 2.12 bits per heavy atom. The average molecular weight is 361 g/mol. The lowest BCUT2D eigenvalue weighted by Gasteiger charge is -2.11. The average Bonchev–Trinajstić information content (AvgIpc) is 2.98. The van der Waals surface area contributed by atoms with Gasteiger partial charge in [0.15, 0.2) is 0 Å². The predicted molar refractivity (Wildman–Crippen MR) is 105 cm³/mol. The molecule has 0 aromatic heterocycles. The molecule has 0 radical (unpaired) electrons. The third-order valence-electron chi connectivity index (χ3n) is 4.11. The summed E-state index contributed by atoms with van der Waals surface area (Å²) in [6, 6.07) is 0. The van der Waals surface area contributed by atoms with Gasteiger partial charge in [0.05, 0.1) is 6.10 Å². The summed E-state index contributed by atoms with van der Waals surface area (Å²) < 4.78 is 0. The van der Waals surface area contributed by atoms with Crippen LogP contribution >= 0.6 is 0 Å². The molecule has 0 fully saturated rings. The second-order valence-electron chi connectivity index (χ2n) is 6.28. The molecule has 5 heteroatoms. The van der Waals surface area contributed by atoms with Crippen LogP contribution in [-0.2, 0) is 9.63 Å². The van der Waals surface area contributed by atoms with E-state index in [0.29, 0.717) is 19.3 Å². The zero-order valence-electron chi connectivity index (χ0n) is 15.8. The van der Waals surface area contributed by atoms with Crippen LogP contribution < -0.4 is 0 Å². The van der Waals surface area contributed by atoms with Gasteiger partial charge in [0, 0.05) is 12.3 Å². The largest absolute Gasteiger partial charge is 0.481 e. The van der Waals surface area contributed by atoms with Crippen LogP contribution in [-0.4, -0.2) is 35.1 Å². The molecule has 0 aromatic carbocycles. The number of aliphatic carboxylic acids is 1. The summed E-state index contributed by atoms with van der Waals surface area (Å²) in [4.78, 5) is 15.4. The summed E-state index contributed by atoms with van der Waals surface area (Å²) in [5.74, 6) is -0.548. The molecule has 26 heavy (non-hydrogen) atoms. The minimum atomic E-state index is -0.755. The maximum Gasteiger partial charge on any atom is 0.303 e. The molecule has 1 rings (SSSR count). The van der Waals surface area contributed by atoms with E-state index < -0.39 is 12.1 Å². The van der Waals surface area contributed by atoms with Crippen molar-refractivity contribution in [2.24, 2.45) is 11.1 Å². The van der Waals surface area contributed by atoms with E-state index in [9.17, 15) is 9.90 Å². The molecule has 0 unspecified atom stereocenters. The first-order valence-corrected chi connectivity index (χ1v) is 9.28. The van der Waals surface area contributed by atoms with E-state index in [1.807, 2.05) is 24.3 Å². The van der Waals surface area contributed by atoms with Gasteiger partial charge in [0.2, 0.25) is 0 Å². The third kappa shape index (κ3) is 8.81. The monoisotopic (exact) mass is 361 g/mol. The molecule has 0 heterocycles. The predicted octanol–water partition coefficient (Wildman–Crippen LogP) is 4.41. The Balaban J connectivity index is 2.60. The van der Waals surface area contributed by atoms with Crippen molar-refractivity contribution in [3.8, 4) is 0 Å². The number of carbonyl (C=O) groups is 1. The molecule has 0 saturated carbocycles. The molecule has 1 aliphatic rings. The molecule has 0 amide bonds. The molecule has 1 aliphatic carbocycles. The number of aliphatic hydroxyl groups is 1.